The minimum atomic E-state index is -1.49. The smallest absolute Gasteiger partial charge is 0.222 e. The number of hydrogen-bond acceptors (Lipinski definition) is 33. The third-order valence-corrected chi connectivity index (χ3v) is 17.8. The highest BCUT2D eigenvalue weighted by Gasteiger charge is 2.48. The Morgan fingerprint density at radius 1 is 0.313 bits per heavy atom. The van der Waals surface area contributed by atoms with Crippen LogP contribution in [0.3, 0.4) is 0 Å². The fourth-order valence-corrected chi connectivity index (χ4v) is 11.7. The van der Waals surface area contributed by atoms with Gasteiger partial charge in [-0.05, 0) is 57.8 Å². The van der Waals surface area contributed by atoms with Crippen LogP contribution < -0.4 is 58.9 Å². The van der Waals surface area contributed by atoms with Gasteiger partial charge in [0.2, 0.25) is 59.1 Å². The molecule has 43 heteroatoms. The zero-order valence-electron chi connectivity index (χ0n) is 66.6. The number of carbonyl (C=O) groups excluding carboxylic acids is 10. The summed E-state index contributed by atoms with van der Waals surface area (Å²) in [5, 5.41) is 118. The average Bonchev–Trinajstić information content (AvgIpc) is 0.833. The number of unbranched alkanes of at least 4 members (excludes halogenated alkanes) is 3. The van der Waals surface area contributed by atoms with Crippen molar-refractivity contribution in [3.63, 3.8) is 0 Å². The van der Waals surface area contributed by atoms with Gasteiger partial charge in [0.15, 0.2) is 18.9 Å². The predicted molar refractivity (Wildman–Crippen MR) is 402 cm³/mol. The van der Waals surface area contributed by atoms with Crippen LogP contribution in [0.4, 0.5) is 0 Å². The molecule has 15 atom stereocenters. The fraction of sp³-hybridized carbons (Fsp3) is 0.861. The topological polar surface area (TPSA) is 619 Å². The first-order valence-electron chi connectivity index (χ1n) is 39.5. The van der Waals surface area contributed by atoms with Gasteiger partial charge in [0, 0.05) is 131 Å². The Morgan fingerprint density at radius 3 is 0.835 bits per heavy atom. The van der Waals surface area contributed by atoms with Crippen LogP contribution in [0.2, 0.25) is 0 Å². The SMILES string of the molecule is CC(=O)NC1C(OCCCCC(=O)NCCCNC(=O)CCOCC(COCCC(=O)NCCCNC(=O)CCCCOC2OC(CO)C(O)C(O)C2NC(C)=O)(COCCC(=O)NCCCNC(=O)CCCCOC2OC(CO)C(O)C(O)C2NC(C)=O)NC(=O)CCOCCOCCOCCOCCN)OC(CO)C(O)C1O. The highest BCUT2D eigenvalue weighted by Crippen LogP contribution is 2.26. The Balaban J connectivity index is 1.56. The van der Waals surface area contributed by atoms with Crippen molar-refractivity contribution in [1.29, 1.82) is 0 Å². The molecule has 3 rings (SSSR count). The normalized spacial score (nSPS) is 23.9. The molecule has 15 unspecified atom stereocenters. The van der Waals surface area contributed by atoms with E-state index in [0.717, 1.165) is 0 Å². The molecule has 0 aromatic rings. The zero-order chi connectivity index (χ0) is 84.6. The molecule has 0 aromatic heterocycles. The number of aliphatic hydroxyl groups is 9. The maximum absolute atomic E-state index is 13.8. The van der Waals surface area contributed by atoms with Crippen molar-refractivity contribution in [3.8, 4) is 0 Å². The first-order valence-corrected chi connectivity index (χ1v) is 39.5. The van der Waals surface area contributed by atoms with E-state index in [-0.39, 0.29) is 188 Å². The number of ether oxygens (including phenoxy) is 13. The Labute approximate surface area is 670 Å². The van der Waals surface area contributed by atoms with E-state index in [1.165, 1.54) is 20.8 Å². The highest BCUT2D eigenvalue weighted by molar-refractivity contribution is 5.79. The maximum atomic E-state index is 13.8. The molecular weight excluding hydrogens is 1530 g/mol. The Kier molecular flexibility index (Phi) is 55.5. The third-order valence-electron chi connectivity index (χ3n) is 17.8. The lowest BCUT2D eigenvalue weighted by molar-refractivity contribution is -0.270. The molecule has 3 aliphatic heterocycles. The van der Waals surface area contributed by atoms with E-state index in [4.69, 9.17) is 67.3 Å². The van der Waals surface area contributed by atoms with Gasteiger partial charge in [0.05, 0.1) is 112 Å². The minimum absolute atomic E-state index is 0.0309. The average molecular weight is 1660 g/mol. The third kappa shape index (κ3) is 45.0. The molecule has 3 fully saturated rings. The van der Waals surface area contributed by atoms with Gasteiger partial charge in [-0.1, -0.05) is 0 Å². The van der Waals surface area contributed by atoms with Crippen molar-refractivity contribution in [2.24, 2.45) is 5.73 Å². The molecule has 3 aliphatic rings. The van der Waals surface area contributed by atoms with Gasteiger partial charge in [0.1, 0.15) is 78.6 Å². The number of nitrogens with one attached hydrogen (secondary N) is 10. The van der Waals surface area contributed by atoms with Crippen LogP contribution in [-0.2, 0) is 110 Å². The molecule has 21 N–H and O–H groups in total. The summed E-state index contributed by atoms with van der Waals surface area (Å²) < 4.78 is 73.9. The van der Waals surface area contributed by atoms with Crippen LogP contribution in [0.5, 0.6) is 0 Å². The molecule has 10 amide bonds. The van der Waals surface area contributed by atoms with Crippen LogP contribution in [0.25, 0.3) is 0 Å². The molecule has 0 aromatic carbocycles. The zero-order valence-corrected chi connectivity index (χ0v) is 66.6. The van der Waals surface area contributed by atoms with Crippen LogP contribution in [0, 0.1) is 0 Å². The second kappa shape index (κ2) is 62.0. The van der Waals surface area contributed by atoms with Crippen LogP contribution in [-0.4, -0.2) is 380 Å². The number of carbonyl (C=O) groups is 10. The number of hydrogen-bond donors (Lipinski definition) is 20. The van der Waals surface area contributed by atoms with E-state index in [9.17, 15) is 93.9 Å². The lowest BCUT2D eigenvalue weighted by Gasteiger charge is -2.42. The Bertz CT molecular complexity index is 2500. The van der Waals surface area contributed by atoms with Gasteiger partial charge in [-0.15, -0.1) is 0 Å². The largest absolute Gasteiger partial charge is 0.394 e. The molecule has 666 valence electrons. The molecule has 3 heterocycles. The van der Waals surface area contributed by atoms with Gasteiger partial charge in [0.25, 0.3) is 0 Å². The van der Waals surface area contributed by atoms with Crippen molar-refractivity contribution in [1.82, 2.24) is 53.2 Å². The van der Waals surface area contributed by atoms with Gasteiger partial charge in [-0.3, -0.25) is 47.9 Å². The lowest BCUT2D eigenvalue weighted by atomic mass is 9.97. The number of aliphatic hydroxyl groups excluding tert-OH is 9. The summed E-state index contributed by atoms with van der Waals surface area (Å²) in [6, 6.07) is -3.30. The van der Waals surface area contributed by atoms with Crippen LogP contribution in [0.15, 0.2) is 0 Å². The van der Waals surface area contributed by atoms with E-state index in [1.54, 1.807) is 0 Å². The quantitative estimate of drug-likeness (QED) is 0.0252. The molecule has 0 saturated carbocycles. The van der Waals surface area contributed by atoms with E-state index < -0.39 is 159 Å². The lowest BCUT2D eigenvalue weighted by Crippen LogP contribution is -2.64. The first kappa shape index (κ1) is 103. The van der Waals surface area contributed by atoms with Crippen LogP contribution in [0.1, 0.15) is 124 Å². The predicted octanol–water partition coefficient (Wildman–Crippen LogP) is -8.26. The van der Waals surface area contributed by atoms with Gasteiger partial charge < -0.3 is 166 Å². The standard InChI is InChI=1S/C72H131N11O32/c1-47(87)80-60-66(100)63(97)50(41-84)113-69(60)110-27-7-4-13-53(90)74-21-10-24-77-56(93)16-31-107-44-72(83-59(96)19-30-103-35-37-105-39-40-106-38-36-104-34-20-73,45-108-32-17-57(94)78-25-11-22-75-54(91)14-5-8-28-111-70-61(81-48(2)88)67(101)64(98)51(42-85)114-70)46-109-33-18-58(95)79-26-12-23-76-55(92)15-6-9-29-112-71-62(82-49(3)89)68(102)65(99)52(43-86)115-71/h50-52,60-71,84-86,97-102H,4-46,73H2,1-3H3,(H,74,90)(H,75,91)(H,76,92)(H,77,93)(H,78,94)(H,79,95)(H,80,87)(H,81,88)(H,82,89)(H,83,96). The number of nitrogens with two attached hydrogens (primary N) is 1. The Hall–Kier alpha value is -6.22. The second-order valence-corrected chi connectivity index (χ2v) is 27.7. The molecule has 0 bridgehead atoms. The van der Waals surface area contributed by atoms with E-state index in [0.29, 0.717) is 90.8 Å². The summed E-state index contributed by atoms with van der Waals surface area (Å²) in [5.41, 5.74) is 3.94. The molecule has 0 spiro atoms. The molecule has 115 heavy (non-hydrogen) atoms. The fourth-order valence-electron chi connectivity index (χ4n) is 11.7. The molecule has 3 saturated heterocycles. The van der Waals surface area contributed by atoms with Gasteiger partial charge >= 0.3 is 0 Å². The molecule has 0 aliphatic carbocycles. The number of rotatable bonds is 66. The van der Waals surface area contributed by atoms with Crippen LogP contribution >= 0.6 is 0 Å². The van der Waals surface area contributed by atoms with Crippen molar-refractivity contribution in [2.45, 2.75) is 221 Å². The summed E-state index contributed by atoms with van der Waals surface area (Å²) in [5.74, 6) is -3.97. The number of amides is 10. The molecule has 43 nitrogen and oxygen atoms in total. The maximum Gasteiger partial charge on any atom is 0.222 e. The Morgan fingerprint density at radius 2 is 0.565 bits per heavy atom. The molecule has 0 radical (unpaired) electrons. The molecular formula is C72H131N11O32. The highest BCUT2D eigenvalue weighted by atomic mass is 16.7. The van der Waals surface area contributed by atoms with Crippen molar-refractivity contribution in [2.75, 3.05) is 178 Å². The van der Waals surface area contributed by atoms with E-state index >= 15 is 0 Å². The van der Waals surface area contributed by atoms with Crippen molar-refractivity contribution >= 4 is 59.1 Å². The monoisotopic (exact) mass is 1660 g/mol. The summed E-state index contributed by atoms with van der Waals surface area (Å²) in [7, 11) is 0. The second-order valence-electron chi connectivity index (χ2n) is 27.7. The first-order chi connectivity index (χ1) is 55.3. The van der Waals surface area contributed by atoms with Gasteiger partial charge in [-0.25, -0.2) is 0 Å². The summed E-state index contributed by atoms with van der Waals surface area (Å²) in [4.78, 5) is 126. The minimum Gasteiger partial charge on any atom is -0.394 e. The van der Waals surface area contributed by atoms with E-state index in [2.05, 4.69) is 53.2 Å². The van der Waals surface area contributed by atoms with E-state index in [1.807, 2.05) is 0 Å². The summed E-state index contributed by atoms with van der Waals surface area (Å²) in [6.45, 7) is 4.55. The summed E-state index contributed by atoms with van der Waals surface area (Å²) >= 11 is 0. The van der Waals surface area contributed by atoms with Crippen molar-refractivity contribution in [3.05, 3.63) is 0 Å². The van der Waals surface area contributed by atoms with Crippen molar-refractivity contribution < 1.29 is 155 Å². The van der Waals surface area contributed by atoms with Gasteiger partial charge in [-0.2, -0.15) is 0 Å². The summed E-state index contributed by atoms with van der Waals surface area (Å²) in [6.07, 6.45) is -12.4.